The molecule has 1 aliphatic heterocycles. The summed E-state index contributed by atoms with van der Waals surface area (Å²) in [6, 6.07) is 12.6. The Balaban J connectivity index is 1.57. The van der Waals surface area contributed by atoms with Crippen LogP contribution in [0.15, 0.2) is 55.0 Å². The molecule has 0 saturated heterocycles. The minimum atomic E-state index is -0.541. The monoisotopic (exact) mass is 525 g/mol. The van der Waals surface area contributed by atoms with Crippen molar-refractivity contribution >= 4 is 34.4 Å². The highest BCUT2D eigenvalue weighted by molar-refractivity contribution is 6.35. The number of aryl methyl sites for hydroxylation is 2. The van der Waals surface area contributed by atoms with Gasteiger partial charge in [-0.15, -0.1) is 0 Å². The number of aromatic amines is 1. The minimum Gasteiger partial charge on any atom is -0.366 e. The van der Waals surface area contributed by atoms with E-state index in [1.807, 2.05) is 12.3 Å². The third kappa shape index (κ3) is 3.92. The summed E-state index contributed by atoms with van der Waals surface area (Å²) < 4.78 is 2.15. The fourth-order valence-corrected chi connectivity index (χ4v) is 5.63. The number of anilines is 1. The summed E-state index contributed by atoms with van der Waals surface area (Å²) in [5, 5.41) is 6.97. The van der Waals surface area contributed by atoms with Gasteiger partial charge >= 0.3 is 0 Å². The van der Waals surface area contributed by atoms with Crippen molar-refractivity contribution in [3.05, 3.63) is 88.0 Å². The van der Waals surface area contributed by atoms with E-state index in [4.69, 9.17) is 22.4 Å². The molecular weight excluding hydrogens is 498 g/mol. The molecule has 0 spiro atoms. The number of benzene rings is 2. The Morgan fingerprint density at radius 1 is 1.08 bits per heavy atom. The van der Waals surface area contributed by atoms with Crippen molar-refractivity contribution in [1.82, 2.24) is 24.7 Å². The first-order valence-corrected chi connectivity index (χ1v) is 13.2. The smallest absolute Gasteiger partial charge is 0.251 e. The largest absolute Gasteiger partial charge is 0.366 e. The number of hydrogen-bond acceptors (Lipinski definition) is 5. The number of hydrogen-bond donors (Lipinski definition) is 2. The van der Waals surface area contributed by atoms with Crippen LogP contribution in [0.2, 0.25) is 5.02 Å². The molecule has 0 unspecified atom stereocenters. The van der Waals surface area contributed by atoms with Crippen LogP contribution in [0, 0.1) is 0 Å². The number of amides is 1. The molecule has 0 atom stereocenters. The van der Waals surface area contributed by atoms with Gasteiger partial charge in [-0.2, -0.15) is 5.10 Å². The first-order valence-electron chi connectivity index (χ1n) is 12.8. The summed E-state index contributed by atoms with van der Waals surface area (Å²) in [5.74, 6) is 0.0195. The van der Waals surface area contributed by atoms with Crippen molar-refractivity contribution in [3.8, 4) is 16.9 Å². The quantitative estimate of drug-likeness (QED) is 0.315. The van der Waals surface area contributed by atoms with E-state index in [2.05, 4.69) is 68.7 Å². The van der Waals surface area contributed by atoms with Crippen LogP contribution in [-0.4, -0.2) is 37.2 Å². The Hall–Kier alpha value is -4.17. The number of carbonyl (C=O) groups is 1. The molecule has 1 aliphatic rings. The lowest BCUT2D eigenvalue weighted by molar-refractivity contribution is 0.0999. The lowest BCUT2D eigenvalue weighted by Gasteiger charge is -2.27. The van der Waals surface area contributed by atoms with Crippen LogP contribution in [0.3, 0.4) is 0 Å². The van der Waals surface area contributed by atoms with E-state index in [0.29, 0.717) is 23.1 Å². The van der Waals surface area contributed by atoms with Crippen LogP contribution in [-0.2, 0) is 25.8 Å². The van der Waals surface area contributed by atoms with Crippen molar-refractivity contribution in [1.29, 1.82) is 0 Å². The Kier molecular flexibility index (Phi) is 6.12. The van der Waals surface area contributed by atoms with E-state index in [1.165, 1.54) is 23.5 Å². The van der Waals surface area contributed by atoms with Crippen LogP contribution >= 0.6 is 11.6 Å². The van der Waals surface area contributed by atoms with Gasteiger partial charge < -0.3 is 15.6 Å². The number of nitrogens with zero attached hydrogens (tertiary/aromatic N) is 5. The van der Waals surface area contributed by atoms with Gasteiger partial charge in [0.2, 0.25) is 5.95 Å². The molecule has 0 bridgehead atoms. The Morgan fingerprint density at radius 2 is 1.82 bits per heavy atom. The van der Waals surface area contributed by atoms with E-state index in [1.54, 1.807) is 0 Å². The summed E-state index contributed by atoms with van der Waals surface area (Å²) in [6.07, 6.45) is 7.44. The standard InChI is InChI=1S/C29H28ClN7O/c1-3-17-6-5-7-18(4-2)26(17)37-27(21-8-9-23(30)25-20(21)10-12-32-25)22-16-36(13-11-24(22)35-37)29-33-14-19(15-34-29)28(31)38/h5-10,12,14-15,32H,3-4,11,13,16H2,1-2H3,(H2,31,38). The summed E-state index contributed by atoms with van der Waals surface area (Å²) in [5.41, 5.74) is 14.6. The zero-order valence-corrected chi connectivity index (χ0v) is 22.1. The van der Waals surface area contributed by atoms with Crippen LogP contribution in [0.4, 0.5) is 5.95 Å². The number of nitrogens with one attached hydrogen (secondary N) is 1. The van der Waals surface area contributed by atoms with Gasteiger partial charge in [0.1, 0.15) is 0 Å². The molecule has 6 rings (SSSR count). The van der Waals surface area contributed by atoms with E-state index in [9.17, 15) is 4.79 Å². The number of carbonyl (C=O) groups excluding carboxylic acids is 1. The van der Waals surface area contributed by atoms with Gasteiger partial charge in [-0.25, -0.2) is 14.6 Å². The zero-order chi connectivity index (χ0) is 26.4. The molecule has 3 N–H and O–H groups in total. The maximum Gasteiger partial charge on any atom is 0.251 e. The van der Waals surface area contributed by atoms with Gasteiger partial charge in [0, 0.05) is 54.6 Å². The van der Waals surface area contributed by atoms with Crippen molar-refractivity contribution in [2.75, 3.05) is 11.4 Å². The average molecular weight is 526 g/mol. The maximum absolute atomic E-state index is 11.5. The summed E-state index contributed by atoms with van der Waals surface area (Å²) in [6.45, 7) is 5.67. The van der Waals surface area contributed by atoms with Gasteiger partial charge in [0.15, 0.2) is 0 Å². The molecule has 8 nitrogen and oxygen atoms in total. The van der Waals surface area contributed by atoms with Gasteiger partial charge in [0.25, 0.3) is 5.91 Å². The number of aromatic nitrogens is 5. The minimum absolute atomic E-state index is 0.291. The summed E-state index contributed by atoms with van der Waals surface area (Å²) >= 11 is 6.55. The Labute approximate surface area is 225 Å². The van der Waals surface area contributed by atoms with Crippen LogP contribution < -0.4 is 10.6 Å². The fraction of sp³-hybridized carbons (Fsp3) is 0.241. The van der Waals surface area contributed by atoms with Crippen molar-refractivity contribution in [2.24, 2.45) is 5.73 Å². The fourth-order valence-electron chi connectivity index (χ4n) is 5.41. The second-order valence-electron chi connectivity index (χ2n) is 9.49. The number of nitrogens with two attached hydrogens (primary N) is 1. The van der Waals surface area contributed by atoms with Gasteiger partial charge in [-0.05, 0) is 36.1 Å². The third-order valence-corrected chi connectivity index (χ3v) is 7.66. The second kappa shape index (κ2) is 9.61. The van der Waals surface area contributed by atoms with Crippen molar-refractivity contribution < 1.29 is 4.79 Å². The van der Waals surface area contributed by atoms with E-state index in [-0.39, 0.29) is 0 Å². The van der Waals surface area contributed by atoms with E-state index < -0.39 is 5.91 Å². The molecule has 0 aliphatic carbocycles. The predicted molar refractivity (Wildman–Crippen MR) is 150 cm³/mol. The highest BCUT2D eigenvalue weighted by atomic mass is 35.5. The maximum atomic E-state index is 11.5. The molecule has 4 heterocycles. The van der Waals surface area contributed by atoms with Gasteiger partial charge in [-0.3, -0.25) is 4.79 Å². The second-order valence-corrected chi connectivity index (χ2v) is 9.89. The SMILES string of the molecule is CCc1cccc(CC)c1-n1nc2c(c1-c1ccc(Cl)c3[nH]ccc13)CN(c1ncc(C(N)=O)cn1)CC2. The van der Waals surface area contributed by atoms with Crippen LogP contribution in [0.1, 0.15) is 46.6 Å². The van der Waals surface area contributed by atoms with Crippen molar-refractivity contribution in [2.45, 2.75) is 39.7 Å². The molecule has 2 aromatic carbocycles. The molecule has 1 amide bonds. The molecule has 0 fully saturated rings. The summed E-state index contributed by atoms with van der Waals surface area (Å²) in [7, 11) is 0. The first-order chi connectivity index (χ1) is 18.5. The Bertz CT molecular complexity index is 1650. The topological polar surface area (TPSA) is 106 Å². The van der Waals surface area contributed by atoms with Crippen LogP contribution in [0.25, 0.3) is 27.8 Å². The lowest BCUT2D eigenvalue weighted by Crippen LogP contribution is -2.31. The van der Waals surface area contributed by atoms with Crippen LogP contribution in [0.5, 0.6) is 0 Å². The average Bonchev–Trinajstić information content (AvgIpc) is 3.58. The predicted octanol–water partition coefficient (Wildman–Crippen LogP) is 5.25. The highest BCUT2D eigenvalue weighted by Crippen LogP contribution is 2.40. The molecule has 38 heavy (non-hydrogen) atoms. The molecule has 0 radical (unpaired) electrons. The van der Waals surface area contributed by atoms with Crippen molar-refractivity contribution in [3.63, 3.8) is 0 Å². The normalized spacial score (nSPS) is 13.2. The number of para-hydroxylation sites is 1. The third-order valence-electron chi connectivity index (χ3n) is 7.34. The lowest BCUT2D eigenvalue weighted by atomic mass is 9.97. The van der Waals surface area contributed by atoms with E-state index in [0.717, 1.165) is 64.9 Å². The molecule has 9 heteroatoms. The zero-order valence-electron chi connectivity index (χ0n) is 21.3. The summed E-state index contributed by atoms with van der Waals surface area (Å²) in [4.78, 5) is 25.8. The number of H-pyrrole nitrogens is 1. The number of rotatable bonds is 6. The molecule has 192 valence electrons. The number of halogens is 1. The highest BCUT2D eigenvalue weighted by Gasteiger charge is 2.29. The van der Waals surface area contributed by atoms with E-state index >= 15 is 0 Å². The van der Waals surface area contributed by atoms with Gasteiger partial charge in [-0.1, -0.05) is 49.7 Å². The molecule has 3 aromatic heterocycles. The molecule has 5 aromatic rings. The Morgan fingerprint density at radius 3 is 2.50 bits per heavy atom. The molecule has 0 saturated carbocycles. The molecular formula is C29H28ClN7O. The number of fused-ring (bicyclic) bond motifs is 2. The van der Waals surface area contributed by atoms with Gasteiger partial charge in [0.05, 0.1) is 33.2 Å². The number of primary amides is 1. The first kappa shape index (κ1) is 24.2.